The first-order valence-electron chi connectivity index (χ1n) is 5.38. The average molecular weight is 249 g/mol. The molecule has 0 unspecified atom stereocenters. The van der Waals surface area contributed by atoms with E-state index in [-0.39, 0.29) is 17.4 Å². The van der Waals surface area contributed by atoms with Crippen molar-refractivity contribution >= 4 is 5.95 Å². The van der Waals surface area contributed by atoms with Crippen LogP contribution in [-0.4, -0.2) is 33.6 Å². The Balaban J connectivity index is 2.50. The first-order chi connectivity index (χ1) is 8.74. The molecule has 0 bridgehead atoms. The minimum absolute atomic E-state index is 0.132. The van der Waals surface area contributed by atoms with Crippen LogP contribution in [0.1, 0.15) is 6.92 Å². The van der Waals surface area contributed by atoms with Gasteiger partial charge in [-0.15, -0.1) is 0 Å². The first-order valence-corrected chi connectivity index (χ1v) is 5.38. The fourth-order valence-corrected chi connectivity index (χ4v) is 1.36. The predicted octanol–water partition coefficient (Wildman–Crippen LogP) is 1.51. The Bertz CT molecular complexity index is 549. The Morgan fingerprint density at radius 3 is 2.83 bits per heavy atom. The molecule has 0 spiro atoms. The molecule has 2 aromatic heterocycles. The van der Waals surface area contributed by atoms with E-state index in [1.165, 1.54) is 19.4 Å². The second-order valence-electron chi connectivity index (χ2n) is 3.36. The van der Waals surface area contributed by atoms with Crippen LogP contribution in [-0.2, 0) is 0 Å². The van der Waals surface area contributed by atoms with E-state index in [0.717, 1.165) is 6.20 Å². The molecule has 6 nitrogen and oxygen atoms in total. The Morgan fingerprint density at radius 2 is 2.17 bits per heavy atom. The molecule has 0 saturated carbocycles. The summed E-state index contributed by atoms with van der Waals surface area (Å²) in [5, 5.41) is 2.93. The average Bonchev–Trinajstić information content (AvgIpc) is 2.39. The maximum atomic E-state index is 13.6. The van der Waals surface area contributed by atoms with Crippen LogP contribution in [0.5, 0.6) is 6.01 Å². The van der Waals surface area contributed by atoms with Gasteiger partial charge in [0.15, 0.2) is 11.6 Å². The van der Waals surface area contributed by atoms with Crippen molar-refractivity contribution in [2.45, 2.75) is 6.92 Å². The van der Waals surface area contributed by atoms with Crippen molar-refractivity contribution in [1.82, 2.24) is 19.9 Å². The lowest BCUT2D eigenvalue weighted by Crippen LogP contribution is -2.06. The third-order valence-electron chi connectivity index (χ3n) is 2.15. The molecule has 0 saturated heterocycles. The summed E-state index contributed by atoms with van der Waals surface area (Å²) in [6, 6.07) is 1.63. The fourth-order valence-electron chi connectivity index (χ4n) is 1.36. The van der Waals surface area contributed by atoms with E-state index in [0.29, 0.717) is 12.5 Å². The van der Waals surface area contributed by atoms with Gasteiger partial charge in [0, 0.05) is 12.7 Å². The molecule has 2 heterocycles. The zero-order chi connectivity index (χ0) is 13.0. The third kappa shape index (κ3) is 2.50. The molecule has 0 fully saturated rings. The molecule has 1 N–H and O–H groups in total. The van der Waals surface area contributed by atoms with Crippen LogP contribution in [0.15, 0.2) is 18.5 Å². The number of methoxy groups -OCH3 is 1. The van der Waals surface area contributed by atoms with Crippen LogP contribution < -0.4 is 10.1 Å². The van der Waals surface area contributed by atoms with Gasteiger partial charge in [-0.1, -0.05) is 0 Å². The molecule has 18 heavy (non-hydrogen) atoms. The normalized spacial score (nSPS) is 10.2. The Morgan fingerprint density at radius 1 is 1.33 bits per heavy atom. The molecule has 0 amide bonds. The van der Waals surface area contributed by atoms with E-state index in [9.17, 15) is 4.39 Å². The summed E-state index contributed by atoms with van der Waals surface area (Å²) in [6.07, 6.45) is 2.58. The molecule has 2 rings (SSSR count). The number of nitrogens with zero attached hydrogens (tertiary/aromatic N) is 4. The largest absolute Gasteiger partial charge is 0.467 e. The highest BCUT2D eigenvalue weighted by Gasteiger charge is 2.12. The minimum Gasteiger partial charge on any atom is -0.467 e. The molecule has 94 valence electrons. The molecule has 0 atom stereocenters. The predicted molar refractivity (Wildman–Crippen MR) is 63.7 cm³/mol. The van der Waals surface area contributed by atoms with Gasteiger partial charge < -0.3 is 10.1 Å². The lowest BCUT2D eigenvalue weighted by molar-refractivity contribution is 0.379. The number of pyridine rings is 1. The summed E-state index contributed by atoms with van der Waals surface area (Å²) in [4.78, 5) is 15.8. The van der Waals surface area contributed by atoms with Gasteiger partial charge in [-0.2, -0.15) is 15.0 Å². The lowest BCUT2D eigenvalue weighted by Gasteiger charge is -2.07. The highest BCUT2D eigenvalue weighted by Crippen LogP contribution is 2.20. The van der Waals surface area contributed by atoms with Crippen molar-refractivity contribution in [3.8, 4) is 17.4 Å². The molecule has 0 aliphatic carbocycles. The molecule has 0 radical (unpaired) electrons. The summed E-state index contributed by atoms with van der Waals surface area (Å²) < 4.78 is 18.6. The Labute approximate surface area is 103 Å². The Hall–Kier alpha value is -2.31. The van der Waals surface area contributed by atoms with Gasteiger partial charge in [-0.05, 0) is 13.0 Å². The number of hydrogen-bond donors (Lipinski definition) is 1. The molecule has 0 aliphatic rings. The van der Waals surface area contributed by atoms with Crippen molar-refractivity contribution in [2.24, 2.45) is 0 Å². The van der Waals surface area contributed by atoms with Crippen LogP contribution in [0, 0.1) is 5.82 Å². The van der Waals surface area contributed by atoms with Gasteiger partial charge in [-0.3, -0.25) is 4.98 Å². The zero-order valence-electron chi connectivity index (χ0n) is 10.0. The van der Waals surface area contributed by atoms with Crippen LogP contribution >= 0.6 is 0 Å². The van der Waals surface area contributed by atoms with Gasteiger partial charge in [-0.25, -0.2) is 4.39 Å². The molecule has 0 aliphatic heterocycles. The first kappa shape index (κ1) is 12.2. The quantitative estimate of drug-likeness (QED) is 0.885. The third-order valence-corrected chi connectivity index (χ3v) is 2.15. The fraction of sp³-hybridized carbons (Fsp3) is 0.273. The number of hydrogen-bond acceptors (Lipinski definition) is 6. The van der Waals surface area contributed by atoms with Crippen LogP contribution in [0.4, 0.5) is 10.3 Å². The molecule has 0 aromatic carbocycles. The topological polar surface area (TPSA) is 72.8 Å². The summed E-state index contributed by atoms with van der Waals surface area (Å²) in [6.45, 7) is 2.55. The summed E-state index contributed by atoms with van der Waals surface area (Å²) in [7, 11) is 1.44. The number of rotatable bonds is 4. The van der Waals surface area contributed by atoms with Crippen molar-refractivity contribution in [3.05, 3.63) is 24.3 Å². The minimum atomic E-state index is -0.492. The van der Waals surface area contributed by atoms with Crippen LogP contribution in [0.25, 0.3) is 11.4 Å². The second-order valence-corrected chi connectivity index (χ2v) is 3.36. The summed E-state index contributed by atoms with van der Waals surface area (Å²) >= 11 is 0. The van der Waals surface area contributed by atoms with Crippen molar-refractivity contribution in [3.63, 3.8) is 0 Å². The maximum Gasteiger partial charge on any atom is 0.321 e. The van der Waals surface area contributed by atoms with Crippen molar-refractivity contribution < 1.29 is 9.13 Å². The monoisotopic (exact) mass is 249 g/mol. The molecule has 2 aromatic rings. The SMILES string of the molecule is CCNc1nc(OC)nc(-c2ccncc2F)n1. The number of ether oxygens (including phenoxy) is 1. The van der Waals surface area contributed by atoms with Gasteiger partial charge in [0.25, 0.3) is 0 Å². The van der Waals surface area contributed by atoms with E-state index in [1.54, 1.807) is 0 Å². The van der Waals surface area contributed by atoms with Gasteiger partial charge >= 0.3 is 6.01 Å². The maximum absolute atomic E-state index is 13.6. The van der Waals surface area contributed by atoms with Crippen molar-refractivity contribution in [1.29, 1.82) is 0 Å². The van der Waals surface area contributed by atoms with Crippen LogP contribution in [0.3, 0.4) is 0 Å². The highest BCUT2D eigenvalue weighted by molar-refractivity contribution is 5.56. The summed E-state index contributed by atoms with van der Waals surface area (Å²) in [5.41, 5.74) is 0.254. The zero-order valence-corrected chi connectivity index (χ0v) is 10.0. The number of anilines is 1. The number of nitrogens with one attached hydrogen (secondary N) is 1. The van der Waals surface area contributed by atoms with Gasteiger partial charge in [0.1, 0.15) is 0 Å². The van der Waals surface area contributed by atoms with E-state index in [2.05, 4.69) is 25.3 Å². The van der Waals surface area contributed by atoms with Crippen molar-refractivity contribution in [2.75, 3.05) is 19.0 Å². The smallest absolute Gasteiger partial charge is 0.321 e. The number of halogens is 1. The van der Waals surface area contributed by atoms with Gasteiger partial charge in [0.05, 0.1) is 18.9 Å². The standard InChI is InChI=1S/C11H12FN5O/c1-3-14-10-15-9(16-11(17-10)18-2)7-4-5-13-6-8(7)12/h4-6H,3H2,1-2H3,(H,14,15,16,17). The second kappa shape index (κ2) is 5.35. The number of aromatic nitrogens is 4. The van der Waals surface area contributed by atoms with E-state index in [4.69, 9.17) is 4.74 Å². The van der Waals surface area contributed by atoms with Gasteiger partial charge in [0.2, 0.25) is 5.95 Å². The summed E-state index contributed by atoms with van der Waals surface area (Å²) in [5.74, 6) is 0.0569. The van der Waals surface area contributed by atoms with E-state index >= 15 is 0 Å². The molecular formula is C11H12FN5O. The highest BCUT2D eigenvalue weighted by atomic mass is 19.1. The van der Waals surface area contributed by atoms with E-state index in [1.807, 2.05) is 6.92 Å². The van der Waals surface area contributed by atoms with E-state index < -0.39 is 5.82 Å². The Kier molecular flexibility index (Phi) is 3.61. The molecular weight excluding hydrogens is 237 g/mol. The lowest BCUT2D eigenvalue weighted by atomic mass is 10.2. The molecule has 7 heteroatoms. The van der Waals surface area contributed by atoms with Crippen LogP contribution in [0.2, 0.25) is 0 Å².